The van der Waals surface area contributed by atoms with Crippen molar-refractivity contribution < 1.29 is 0 Å². The van der Waals surface area contributed by atoms with Gasteiger partial charge in [0.15, 0.2) is 17.5 Å². The minimum Gasteiger partial charge on any atom is -0.208 e. The Labute approximate surface area is 297 Å². The normalized spacial score (nSPS) is 26.3. The Bertz CT molecular complexity index is 2490. The first kappa shape index (κ1) is 28.9. The Morgan fingerprint density at radius 1 is 0.490 bits per heavy atom. The van der Waals surface area contributed by atoms with E-state index >= 15 is 0 Å². The Morgan fingerprint density at radius 2 is 0.961 bits per heavy atom. The van der Waals surface area contributed by atoms with Crippen molar-refractivity contribution in [2.24, 2.45) is 17.3 Å². The van der Waals surface area contributed by atoms with E-state index in [1.54, 1.807) is 0 Å². The molecule has 11 rings (SSSR count). The van der Waals surface area contributed by atoms with Gasteiger partial charge in [0, 0.05) is 27.5 Å². The molecule has 1 spiro atoms. The third-order valence-corrected chi connectivity index (χ3v) is 13.4. The maximum absolute atomic E-state index is 9.29. The molecule has 4 aliphatic rings. The minimum absolute atomic E-state index is 0.278. The number of rotatable bonds is 6. The molecule has 4 fully saturated rings. The second-order valence-electron chi connectivity index (χ2n) is 15.3. The molecule has 6 aromatic carbocycles. The fourth-order valence-corrected chi connectivity index (χ4v) is 11.4. The van der Waals surface area contributed by atoms with Gasteiger partial charge < -0.3 is 0 Å². The van der Waals surface area contributed by atoms with Crippen LogP contribution in [0.15, 0.2) is 146 Å². The fourth-order valence-electron chi connectivity index (χ4n) is 11.4. The molecule has 4 heteroatoms. The van der Waals surface area contributed by atoms with Gasteiger partial charge in [-0.15, -0.1) is 0 Å². The van der Waals surface area contributed by atoms with Crippen LogP contribution in [0.4, 0.5) is 0 Å². The second-order valence-corrected chi connectivity index (χ2v) is 15.3. The molecule has 0 aliphatic heterocycles. The van der Waals surface area contributed by atoms with Crippen LogP contribution in [0.2, 0.25) is 0 Å². The van der Waals surface area contributed by atoms with Gasteiger partial charge in [-0.3, -0.25) is 0 Å². The van der Waals surface area contributed by atoms with Crippen LogP contribution in [0.3, 0.4) is 0 Å². The Hall–Kier alpha value is -5.92. The molecule has 4 nitrogen and oxygen atoms in total. The standard InChI is InChI=1S/C47H34N4/c48-28-30-11-12-37-24-36(14-13-35(37)23-30)31-15-19-38(20-16-31)45-26-40-25-41-27-46(29-45,47(40,41)45)39-21-17-34(18-22-39)44-50-42(32-7-3-1-4-8-32)49-43(51-44)33-9-5-2-6-10-33/h1-24,40-41H,25-27,29H2. The third kappa shape index (κ3) is 3.76. The molecule has 51 heavy (non-hydrogen) atoms. The number of benzene rings is 6. The lowest BCUT2D eigenvalue weighted by Gasteiger charge is -2.96. The zero-order chi connectivity index (χ0) is 33.8. The molecule has 5 atom stereocenters. The average Bonchev–Trinajstić information content (AvgIpc) is 3.17. The molecule has 1 heterocycles. The summed E-state index contributed by atoms with van der Waals surface area (Å²) < 4.78 is 0. The monoisotopic (exact) mass is 654 g/mol. The predicted molar refractivity (Wildman–Crippen MR) is 201 cm³/mol. The summed E-state index contributed by atoms with van der Waals surface area (Å²) in [7, 11) is 0. The Kier molecular flexibility index (Phi) is 5.84. The van der Waals surface area contributed by atoms with Crippen molar-refractivity contribution in [2.75, 3.05) is 0 Å². The fraction of sp³-hybridized carbons (Fsp3) is 0.191. The molecule has 0 saturated heterocycles. The highest BCUT2D eigenvalue weighted by molar-refractivity contribution is 5.88. The summed E-state index contributed by atoms with van der Waals surface area (Å²) in [4.78, 5) is 14.8. The van der Waals surface area contributed by atoms with Crippen LogP contribution in [-0.2, 0) is 10.8 Å². The van der Waals surface area contributed by atoms with Crippen molar-refractivity contribution in [1.29, 1.82) is 5.26 Å². The summed E-state index contributed by atoms with van der Waals surface area (Å²) in [5.74, 6) is 3.78. The Balaban J connectivity index is 0.900. The largest absolute Gasteiger partial charge is 0.208 e. The first-order valence-corrected chi connectivity index (χ1v) is 18.1. The van der Waals surface area contributed by atoms with Gasteiger partial charge in [0.25, 0.3) is 0 Å². The molecule has 0 bridgehead atoms. The van der Waals surface area contributed by atoms with Crippen LogP contribution in [0.1, 0.15) is 42.4 Å². The highest BCUT2D eigenvalue weighted by Gasteiger charge is 2.93. The van der Waals surface area contributed by atoms with Crippen molar-refractivity contribution in [3.05, 3.63) is 162 Å². The maximum Gasteiger partial charge on any atom is 0.164 e. The van der Waals surface area contributed by atoms with E-state index in [4.69, 9.17) is 15.0 Å². The molecular formula is C47H34N4. The molecule has 1 aromatic heterocycles. The highest BCUT2D eigenvalue weighted by Crippen LogP contribution is 2.97. The molecule has 7 aromatic rings. The van der Waals surface area contributed by atoms with Gasteiger partial charge in [0.2, 0.25) is 0 Å². The number of hydrogen-bond donors (Lipinski definition) is 0. The maximum atomic E-state index is 9.29. The van der Waals surface area contributed by atoms with E-state index in [1.807, 2.05) is 48.5 Å². The van der Waals surface area contributed by atoms with Crippen LogP contribution < -0.4 is 0 Å². The van der Waals surface area contributed by atoms with Crippen LogP contribution in [0.5, 0.6) is 0 Å². The summed E-state index contributed by atoms with van der Waals surface area (Å²) >= 11 is 0. The number of nitriles is 1. The number of fused-ring (bicyclic) bond motifs is 1. The number of aromatic nitrogens is 3. The van der Waals surface area contributed by atoms with Crippen molar-refractivity contribution in [3.63, 3.8) is 0 Å². The van der Waals surface area contributed by atoms with Gasteiger partial charge in [-0.05, 0) is 94.2 Å². The molecule has 4 aliphatic carbocycles. The van der Waals surface area contributed by atoms with Gasteiger partial charge in [0.05, 0.1) is 11.6 Å². The van der Waals surface area contributed by atoms with E-state index in [2.05, 4.69) is 103 Å². The lowest BCUT2D eigenvalue weighted by Crippen LogP contribution is -2.93. The summed E-state index contributed by atoms with van der Waals surface area (Å²) in [6.45, 7) is 0. The van der Waals surface area contributed by atoms with E-state index in [0.29, 0.717) is 33.9 Å². The van der Waals surface area contributed by atoms with Crippen LogP contribution in [0.25, 0.3) is 56.1 Å². The lowest BCUT2D eigenvalue weighted by atomic mass is 9.07. The smallest absolute Gasteiger partial charge is 0.164 e. The molecular weight excluding hydrogens is 621 g/mol. The molecule has 5 unspecified atom stereocenters. The van der Waals surface area contributed by atoms with Crippen molar-refractivity contribution in [2.45, 2.75) is 36.5 Å². The molecule has 0 radical (unpaired) electrons. The first-order chi connectivity index (χ1) is 25.1. The quantitative estimate of drug-likeness (QED) is 0.179. The summed E-state index contributed by atoms with van der Waals surface area (Å²) in [6, 6.07) is 53.9. The van der Waals surface area contributed by atoms with Gasteiger partial charge in [-0.1, -0.05) is 127 Å². The van der Waals surface area contributed by atoms with Crippen LogP contribution in [-0.4, -0.2) is 15.0 Å². The predicted octanol–water partition coefficient (Wildman–Crippen LogP) is 10.6. The van der Waals surface area contributed by atoms with Crippen LogP contribution in [0, 0.1) is 28.6 Å². The SMILES string of the molecule is N#Cc1ccc2cc(-c3ccc(C45CC6CC7CC(c8ccc(-c9nc(-c%10ccccc%10)nc(-c%10ccccc%10)n9)cc8)(C4)C675)cc3)ccc2c1. The van der Waals surface area contributed by atoms with Gasteiger partial charge in [0.1, 0.15) is 0 Å². The van der Waals surface area contributed by atoms with E-state index in [9.17, 15) is 5.26 Å². The molecule has 4 saturated carbocycles. The zero-order valence-electron chi connectivity index (χ0n) is 28.1. The third-order valence-electron chi connectivity index (χ3n) is 13.4. The van der Waals surface area contributed by atoms with E-state index in [-0.39, 0.29) is 5.41 Å². The lowest BCUT2D eigenvalue weighted by molar-refractivity contribution is -0.412. The second kappa shape index (κ2) is 10.3. The van der Waals surface area contributed by atoms with Crippen molar-refractivity contribution in [3.8, 4) is 51.4 Å². The van der Waals surface area contributed by atoms with E-state index in [0.717, 1.165) is 33.9 Å². The average molecular weight is 655 g/mol. The van der Waals surface area contributed by atoms with Gasteiger partial charge >= 0.3 is 0 Å². The van der Waals surface area contributed by atoms with Crippen LogP contribution >= 0.6 is 0 Å². The topological polar surface area (TPSA) is 62.5 Å². The van der Waals surface area contributed by atoms with E-state index < -0.39 is 0 Å². The molecule has 0 amide bonds. The zero-order valence-corrected chi connectivity index (χ0v) is 28.1. The number of hydrogen-bond acceptors (Lipinski definition) is 4. The first-order valence-electron chi connectivity index (χ1n) is 18.1. The minimum atomic E-state index is 0.278. The summed E-state index contributed by atoms with van der Waals surface area (Å²) in [6.07, 6.45) is 5.29. The van der Waals surface area contributed by atoms with Crippen molar-refractivity contribution in [1.82, 2.24) is 15.0 Å². The summed E-state index contributed by atoms with van der Waals surface area (Å²) in [5.41, 5.74) is 10.2. The molecule has 0 N–H and O–H groups in total. The van der Waals surface area contributed by atoms with Crippen molar-refractivity contribution >= 4 is 10.8 Å². The summed E-state index contributed by atoms with van der Waals surface area (Å²) in [5, 5.41) is 11.6. The van der Waals surface area contributed by atoms with Gasteiger partial charge in [-0.25, -0.2) is 15.0 Å². The van der Waals surface area contributed by atoms with E-state index in [1.165, 1.54) is 53.3 Å². The number of nitrogens with zero attached hydrogens (tertiary/aromatic N) is 4. The Morgan fingerprint density at radius 3 is 1.49 bits per heavy atom. The molecule has 242 valence electrons. The van der Waals surface area contributed by atoms with Gasteiger partial charge in [-0.2, -0.15) is 5.26 Å². The highest BCUT2D eigenvalue weighted by atomic mass is 15.0.